The Balaban J connectivity index is 0. The van der Waals surface area contributed by atoms with Gasteiger partial charge in [0.2, 0.25) is 0 Å². The maximum Gasteiger partial charge on any atom is 0.0782 e. The first-order valence-electron chi connectivity index (χ1n) is 13.4. The average Bonchev–Trinajstić information content (AvgIpc) is 2.71. The fourth-order valence-corrected chi connectivity index (χ4v) is 3.78. The summed E-state index contributed by atoms with van der Waals surface area (Å²) in [6, 6.07) is 0. The quantitative estimate of drug-likeness (QED) is 0.143. The molecule has 3 nitrogen and oxygen atoms in total. The van der Waals surface area contributed by atoms with E-state index in [0.29, 0.717) is 0 Å². The van der Waals surface area contributed by atoms with Crippen molar-refractivity contribution >= 4 is 5.97 Å². The number of carboxylic acids is 1. The van der Waals surface area contributed by atoms with Gasteiger partial charge in [-0.25, -0.2) is 0 Å². The van der Waals surface area contributed by atoms with Gasteiger partial charge in [0, 0.05) is 5.97 Å². The van der Waals surface area contributed by atoms with E-state index in [9.17, 15) is 9.90 Å². The first-order valence-corrected chi connectivity index (χ1v) is 13.4. The summed E-state index contributed by atoms with van der Waals surface area (Å²) in [5, 5.41) is 9.65. The van der Waals surface area contributed by atoms with Crippen molar-refractivity contribution in [2.24, 2.45) is 0 Å². The van der Waals surface area contributed by atoms with Crippen molar-refractivity contribution < 1.29 is 14.4 Å². The highest BCUT2D eigenvalue weighted by molar-refractivity contribution is 5.63. The van der Waals surface area contributed by atoms with Gasteiger partial charge in [-0.3, -0.25) is 0 Å². The van der Waals surface area contributed by atoms with Gasteiger partial charge < -0.3 is 14.4 Å². The monoisotopic (exact) mass is 427 g/mol. The molecule has 0 saturated carbocycles. The zero-order valence-corrected chi connectivity index (χ0v) is 21.6. The Morgan fingerprint density at radius 3 is 1.10 bits per heavy atom. The van der Waals surface area contributed by atoms with Crippen LogP contribution in [0.2, 0.25) is 0 Å². The summed E-state index contributed by atoms with van der Waals surface area (Å²) in [6.45, 7) is 9.30. The van der Waals surface area contributed by atoms with Gasteiger partial charge in [0.1, 0.15) is 0 Å². The molecule has 0 N–H and O–H groups in total. The minimum absolute atomic E-state index is 0.205. The topological polar surface area (TPSA) is 40.1 Å². The van der Waals surface area contributed by atoms with Gasteiger partial charge in [0.15, 0.2) is 0 Å². The average molecular weight is 428 g/mol. The summed E-state index contributed by atoms with van der Waals surface area (Å²) in [6.07, 6.45) is 24.9. The molecule has 0 fully saturated rings. The van der Waals surface area contributed by atoms with Crippen LogP contribution in [0.25, 0.3) is 0 Å². The van der Waals surface area contributed by atoms with Gasteiger partial charge in [0.25, 0.3) is 0 Å². The Morgan fingerprint density at radius 1 is 0.533 bits per heavy atom. The van der Waals surface area contributed by atoms with Gasteiger partial charge in [-0.15, -0.1) is 0 Å². The zero-order chi connectivity index (χ0) is 22.9. The molecule has 0 atom stereocenters. The summed E-state index contributed by atoms with van der Waals surface area (Å²) in [4.78, 5) is 9.65. The molecule has 0 unspecified atom stereocenters. The van der Waals surface area contributed by atoms with Crippen LogP contribution < -0.4 is 5.11 Å². The van der Waals surface area contributed by atoms with E-state index in [2.05, 4.69) is 27.9 Å². The van der Waals surface area contributed by atoms with Crippen LogP contribution in [0.5, 0.6) is 0 Å². The zero-order valence-electron chi connectivity index (χ0n) is 21.6. The first kappa shape index (κ1) is 31.6. The van der Waals surface area contributed by atoms with Crippen molar-refractivity contribution in [3.8, 4) is 0 Å². The predicted molar refractivity (Wildman–Crippen MR) is 132 cm³/mol. The van der Waals surface area contributed by atoms with Crippen LogP contribution in [0, 0.1) is 0 Å². The summed E-state index contributed by atoms with van der Waals surface area (Å²) >= 11 is 0. The molecule has 30 heavy (non-hydrogen) atoms. The Morgan fingerprint density at radius 2 is 0.833 bits per heavy atom. The maximum atomic E-state index is 9.65. The molecule has 182 valence electrons. The summed E-state index contributed by atoms with van der Waals surface area (Å²) in [5.74, 6) is -0.943. The number of carbonyl (C=O) groups excluding carboxylic acids is 1. The number of carboxylic acid groups (broad SMARTS) is 1. The number of quaternary nitrogens is 1. The summed E-state index contributed by atoms with van der Waals surface area (Å²) in [5.41, 5.74) is 0. The third-order valence-corrected chi connectivity index (χ3v) is 5.97. The first-order chi connectivity index (χ1) is 14.4. The second-order valence-corrected chi connectivity index (χ2v) is 9.81. The molecule has 0 amide bonds. The summed E-state index contributed by atoms with van der Waals surface area (Å²) < 4.78 is 1.24. The van der Waals surface area contributed by atoms with E-state index in [1.54, 1.807) is 0 Å². The van der Waals surface area contributed by atoms with Crippen molar-refractivity contribution in [2.45, 2.75) is 143 Å². The van der Waals surface area contributed by atoms with E-state index < -0.39 is 5.97 Å². The Bertz CT molecular complexity index is 320. The van der Waals surface area contributed by atoms with Gasteiger partial charge in [-0.05, 0) is 38.5 Å². The number of carbonyl (C=O) groups is 1. The SMILES string of the molecule is CCCCC(=O)[O-].CCCCCCCCCC[N+](C)(C)CCCCCCCCCC. The number of aliphatic carboxylic acids is 1. The number of nitrogens with zero attached hydrogens (tertiary/aromatic N) is 1. The molecule has 0 spiro atoms. The van der Waals surface area contributed by atoms with Gasteiger partial charge >= 0.3 is 0 Å². The highest BCUT2D eigenvalue weighted by atomic mass is 16.4. The van der Waals surface area contributed by atoms with Crippen molar-refractivity contribution in [1.29, 1.82) is 0 Å². The van der Waals surface area contributed by atoms with E-state index in [0.717, 1.165) is 12.8 Å². The smallest absolute Gasteiger partial charge is 0.0782 e. The number of rotatable bonds is 21. The lowest BCUT2D eigenvalue weighted by Gasteiger charge is -2.30. The van der Waals surface area contributed by atoms with Crippen molar-refractivity contribution in [2.75, 3.05) is 27.2 Å². The van der Waals surface area contributed by atoms with E-state index >= 15 is 0 Å². The Labute approximate surface area is 190 Å². The minimum Gasteiger partial charge on any atom is -0.550 e. The molecule has 0 saturated heterocycles. The predicted octanol–water partition coefficient (Wildman–Crippen LogP) is 7.27. The number of unbranched alkanes of at least 4 members (excludes halogenated alkanes) is 15. The van der Waals surface area contributed by atoms with E-state index in [-0.39, 0.29) is 6.42 Å². The summed E-state index contributed by atoms with van der Waals surface area (Å²) in [7, 11) is 4.87. The molecule has 3 heteroatoms. The number of hydrogen-bond acceptors (Lipinski definition) is 2. The lowest BCUT2D eigenvalue weighted by Crippen LogP contribution is -2.41. The van der Waals surface area contributed by atoms with Gasteiger partial charge in [-0.1, -0.05) is 104 Å². The Kier molecular flexibility index (Phi) is 26.0. The molecule has 0 aliphatic carbocycles. The molecule has 0 bridgehead atoms. The second-order valence-electron chi connectivity index (χ2n) is 9.81. The molecule has 0 heterocycles. The van der Waals surface area contributed by atoms with Crippen LogP contribution >= 0.6 is 0 Å². The van der Waals surface area contributed by atoms with Crippen LogP contribution in [0.4, 0.5) is 0 Å². The highest BCUT2D eigenvalue weighted by Gasteiger charge is 2.13. The van der Waals surface area contributed by atoms with Crippen LogP contribution in [-0.4, -0.2) is 37.6 Å². The fraction of sp³-hybridized carbons (Fsp3) is 0.963. The molecular weight excluding hydrogens is 370 g/mol. The molecule has 0 rings (SSSR count). The van der Waals surface area contributed by atoms with E-state index in [1.807, 2.05) is 6.92 Å². The van der Waals surface area contributed by atoms with Crippen molar-refractivity contribution in [3.63, 3.8) is 0 Å². The second kappa shape index (κ2) is 24.7. The van der Waals surface area contributed by atoms with Crippen LogP contribution in [0.3, 0.4) is 0 Å². The molecule has 0 aliphatic rings. The molecular formula is C27H57NO2. The highest BCUT2D eigenvalue weighted by Crippen LogP contribution is 2.13. The normalized spacial score (nSPS) is 11.2. The van der Waals surface area contributed by atoms with Gasteiger partial charge in [-0.2, -0.15) is 0 Å². The molecule has 0 aliphatic heterocycles. The molecule has 0 aromatic heterocycles. The largest absolute Gasteiger partial charge is 0.550 e. The minimum atomic E-state index is -0.943. The van der Waals surface area contributed by atoms with Crippen LogP contribution in [0.1, 0.15) is 143 Å². The standard InChI is InChI=1S/C22H48N.C5H10O2/c1-5-7-9-11-13-15-17-19-21-23(3,4)22-20-18-16-14-12-10-8-6-2;1-2-3-4-5(6)7/h5-22H2,1-4H3;2-4H2,1H3,(H,6,7)/q+1;/p-1. The van der Waals surface area contributed by atoms with Crippen LogP contribution in [0.15, 0.2) is 0 Å². The lowest BCUT2D eigenvalue weighted by molar-refractivity contribution is -0.890. The van der Waals surface area contributed by atoms with Gasteiger partial charge in [0.05, 0.1) is 27.2 Å². The fourth-order valence-electron chi connectivity index (χ4n) is 3.78. The molecule has 0 aromatic carbocycles. The van der Waals surface area contributed by atoms with Crippen molar-refractivity contribution in [1.82, 2.24) is 0 Å². The maximum absolute atomic E-state index is 9.65. The number of hydrogen-bond donors (Lipinski definition) is 0. The van der Waals surface area contributed by atoms with E-state index in [1.165, 1.54) is 120 Å². The third-order valence-electron chi connectivity index (χ3n) is 5.97. The Hall–Kier alpha value is -0.570. The van der Waals surface area contributed by atoms with Crippen molar-refractivity contribution in [3.05, 3.63) is 0 Å². The molecule has 0 aromatic rings. The lowest BCUT2D eigenvalue weighted by atomic mass is 10.1. The molecule has 0 radical (unpaired) electrons. The van der Waals surface area contributed by atoms with Crippen LogP contribution in [-0.2, 0) is 4.79 Å². The van der Waals surface area contributed by atoms with E-state index in [4.69, 9.17) is 0 Å². The third kappa shape index (κ3) is 29.6.